The molecule has 1 saturated heterocycles. The lowest BCUT2D eigenvalue weighted by atomic mass is 9.97. The predicted octanol–water partition coefficient (Wildman–Crippen LogP) is 1.70. The molecular formula is C9H17NO4. The Morgan fingerprint density at radius 1 is 1.43 bits per heavy atom. The van der Waals surface area contributed by atoms with Gasteiger partial charge in [0.1, 0.15) is 6.10 Å². The van der Waals surface area contributed by atoms with Gasteiger partial charge in [0.05, 0.1) is 5.54 Å². The molecule has 2 N–H and O–H groups in total. The molecule has 14 heavy (non-hydrogen) atoms. The molecule has 1 aliphatic heterocycles. The Hall–Kier alpha value is -0.810. The molecule has 0 aromatic rings. The lowest BCUT2D eigenvalue weighted by Gasteiger charge is -2.34. The van der Waals surface area contributed by atoms with Crippen molar-refractivity contribution < 1.29 is 19.8 Å². The van der Waals surface area contributed by atoms with E-state index in [0.717, 1.165) is 0 Å². The van der Waals surface area contributed by atoms with Gasteiger partial charge in [-0.3, -0.25) is 0 Å². The van der Waals surface area contributed by atoms with Crippen molar-refractivity contribution >= 4 is 6.16 Å². The summed E-state index contributed by atoms with van der Waals surface area (Å²) in [5.74, 6) is 0. The summed E-state index contributed by atoms with van der Waals surface area (Å²) in [4.78, 5) is 10.4. The van der Waals surface area contributed by atoms with Crippen molar-refractivity contribution in [1.82, 2.24) is 5.06 Å². The van der Waals surface area contributed by atoms with Gasteiger partial charge in [0, 0.05) is 12.0 Å². The molecule has 0 amide bonds. The molecule has 1 aliphatic rings. The molecule has 1 unspecified atom stereocenters. The van der Waals surface area contributed by atoms with Crippen molar-refractivity contribution in [1.29, 1.82) is 0 Å². The topological polar surface area (TPSA) is 70.0 Å². The van der Waals surface area contributed by atoms with Crippen LogP contribution < -0.4 is 0 Å². The number of nitrogens with zero attached hydrogens (tertiary/aromatic N) is 1. The third-order valence-corrected chi connectivity index (χ3v) is 2.84. The number of hydroxylamine groups is 2. The zero-order valence-electron chi connectivity index (χ0n) is 8.94. The highest BCUT2D eigenvalue weighted by Gasteiger charge is 2.53. The van der Waals surface area contributed by atoms with Crippen LogP contribution in [0, 0.1) is 0 Å². The monoisotopic (exact) mass is 203 g/mol. The maximum Gasteiger partial charge on any atom is 0.506 e. The highest BCUT2D eigenvalue weighted by atomic mass is 16.7. The first kappa shape index (κ1) is 11.3. The smallest absolute Gasteiger partial charge is 0.450 e. The van der Waals surface area contributed by atoms with E-state index in [9.17, 15) is 10.0 Å². The minimum absolute atomic E-state index is 0.455. The number of rotatable bonds is 1. The summed E-state index contributed by atoms with van der Waals surface area (Å²) in [6.07, 6.45) is -1.31. The van der Waals surface area contributed by atoms with Crippen molar-refractivity contribution in [3.8, 4) is 0 Å². The van der Waals surface area contributed by atoms with Crippen molar-refractivity contribution in [3.63, 3.8) is 0 Å². The highest BCUT2D eigenvalue weighted by molar-refractivity contribution is 5.57. The van der Waals surface area contributed by atoms with Crippen LogP contribution in [0.4, 0.5) is 4.79 Å². The van der Waals surface area contributed by atoms with Gasteiger partial charge in [-0.15, -0.1) is 0 Å². The molecule has 82 valence electrons. The van der Waals surface area contributed by atoms with Crippen molar-refractivity contribution in [3.05, 3.63) is 0 Å². The van der Waals surface area contributed by atoms with Crippen LogP contribution in [-0.4, -0.2) is 38.7 Å². The minimum atomic E-state index is -1.30. The van der Waals surface area contributed by atoms with E-state index in [-0.39, 0.29) is 0 Å². The van der Waals surface area contributed by atoms with Gasteiger partial charge >= 0.3 is 6.16 Å². The van der Waals surface area contributed by atoms with Crippen molar-refractivity contribution in [2.75, 3.05) is 0 Å². The van der Waals surface area contributed by atoms with Gasteiger partial charge < -0.3 is 15.1 Å². The Balaban J connectivity index is 2.85. The van der Waals surface area contributed by atoms with Gasteiger partial charge in [0.2, 0.25) is 0 Å². The first-order chi connectivity index (χ1) is 6.18. The van der Waals surface area contributed by atoms with Gasteiger partial charge in [0.25, 0.3) is 0 Å². The molecule has 0 spiro atoms. The Bertz CT molecular complexity index is 249. The Morgan fingerprint density at radius 3 is 2.21 bits per heavy atom. The van der Waals surface area contributed by atoms with Crippen LogP contribution in [0.3, 0.4) is 0 Å². The van der Waals surface area contributed by atoms with Gasteiger partial charge in [-0.25, -0.2) is 4.79 Å². The largest absolute Gasteiger partial charge is 0.506 e. The highest BCUT2D eigenvalue weighted by Crippen LogP contribution is 2.40. The molecule has 1 rings (SSSR count). The van der Waals surface area contributed by atoms with E-state index in [1.807, 2.05) is 13.8 Å². The molecule has 0 radical (unpaired) electrons. The first-order valence-corrected chi connectivity index (χ1v) is 4.57. The van der Waals surface area contributed by atoms with Crippen molar-refractivity contribution in [2.24, 2.45) is 0 Å². The maximum atomic E-state index is 10.4. The summed E-state index contributed by atoms with van der Waals surface area (Å²) in [6.45, 7) is 7.21. The molecular weight excluding hydrogens is 186 g/mol. The Labute approximate surface area is 83.2 Å². The van der Waals surface area contributed by atoms with E-state index in [1.54, 1.807) is 13.8 Å². The van der Waals surface area contributed by atoms with Crippen LogP contribution >= 0.6 is 0 Å². The first-order valence-electron chi connectivity index (χ1n) is 4.57. The molecule has 1 fully saturated rings. The molecule has 0 aliphatic carbocycles. The second kappa shape index (κ2) is 3.10. The minimum Gasteiger partial charge on any atom is -0.450 e. The van der Waals surface area contributed by atoms with E-state index in [2.05, 4.69) is 0 Å². The molecule has 5 heteroatoms. The Morgan fingerprint density at radius 2 is 1.93 bits per heavy atom. The fourth-order valence-electron chi connectivity index (χ4n) is 2.01. The summed E-state index contributed by atoms with van der Waals surface area (Å²) in [5, 5.41) is 19.5. The van der Waals surface area contributed by atoms with E-state index in [0.29, 0.717) is 6.42 Å². The van der Waals surface area contributed by atoms with Crippen LogP contribution in [0.15, 0.2) is 0 Å². The van der Waals surface area contributed by atoms with E-state index < -0.39 is 23.3 Å². The number of ether oxygens (including phenoxy) is 1. The zero-order valence-corrected chi connectivity index (χ0v) is 8.94. The van der Waals surface area contributed by atoms with Crippen LogP contribution in [0.25, 0.3) is 0 Å². The Kier molecular flexibility index (Phi) is 2.49. The van der Waals surface area contributed by atoms with Crippen LogP contribution in [0.5, 0.6) is 0 Å². The summed E-state index contributed by atoms with van der Waals surface area (Å²) in [6, 6.07) is 0. The third kappa shape index (κ3) is 1.69. The SMILES string of the molecule is CC1(C)CC(OC(=O)O)C(C)(C)N1O. The van der Waals surface area contributed by atoms with E-state index in [4.69, 9.17) is 9.84 Å². The quantitative estimate of drug-likeness (QED) is 0.635. The summed E-state index contributed by atoms with van der Waals surface area (Å²) in [5.41, 5.74) is -1.13. The average molecular weight is 203 g/mol. The predicted molar refractivity (Wildman–Crippen MR) is 49.3 cm³/mol. The number of carboxylic acid groups (broad SMARTS) is 1. The van der Waals surface area contributed by atoms with Crippen LogP contribution in [-0.2, 0) is 4.74 Å². The number of hydrogen-bond acceptors (Lipinski definition) is 4. The maximum absolute atomic E-state index is 10.4. The second-order valence-electron chi connectivity index (χ2n) is 4.85. The number of carbonyl (C=O) groups is 1. The average Bonchev–Trinajstić information content (AvgIpc) is 2.12. The van der Waals surface area contributed by atoms with Gasteiger partial charge in [-0.05, 0) is 27.7 Å². The van der Waals surface area contributed by atoms with Gasteiger partial charge in [-0.1, -0.05) is 0 Å². The number of hydrogen-bond donors (Lipinski definition) is 2. The van der Waals surface area contributed by atoms with E-state index in [1.165, 1.54) is 5.06 Å². The van der Waals surface area contributed by atoms with Crippen LogP contribution in [0.2, 0.25) is 0 Å². The lowest BCUT2D eigenvalue weighted by Crippen LogP contribution is -2.49. The fourth-order valence-corrected chi connectivity index (χ4v) is 2.01. The van der Waals surface area contributed by atoms with Gasteiger partial charge in [0.15, 0.2) is 0 Å². The fraction of sp³-hybridized carbons (Fsp3) is 0.889. The van der Waals surface area contributed by atoms with Gasteiger partial charge in [-0.2, -0.15) is 5.06 Å². The second-order valence-corrected chi connectivity index (χ2v) is 4.85. The molecule has 5 nitrogen and oxygen atoms in total. The standard InChI is InChI=1S/C9H17NO4/c1-8(2)5-6(14-7(11)12)9(3,4)10(8)13/h6,13H,5H2,1-4H3,(H,11,12). The van der Waals surface area contributed by atoms with Crippen molar-refractivity contribution in [2.45, 2.75) is 51.3 Å². The van der Waals surface area contributed by atoms with E-state index >= 15 is 0 Å². The summed E-state index contributed by atoms with van der Waals surface area (Å²) in [7, 11) is 0. The molecule has 0 saturated carbocycles. The third-order valence-electron chi connectivity index (χ3n) is 2.84. The molecule has 0 bridgehead atoms. The summed E-state index contributed by atoms with van der Waals surface area (Å²) >= 11 is 0. The lowest BCUT2D eigenvalue weighted by molar-refractivity contribution is -0.201. The molecule has 0 aromatic heterocycles. The molecule has 1 atom stereocenters. The molecule has 1 heterocycles. The normalized spacial score (nSPS) is 30.2. The molecule has 0 aromatic carbocycles. The van der Waals surface area contributed by atoms with Crippen LogP contribution in [0.1, 0.15) is 34.1 Å². The summed E-state index contributed by atoms with van der Waals surface area (Å²) < 4.78 is 4.75. The zero-order chi connectivity index (χ0) is 11.1.